The van der Waals surface area contributed by atoms with Crippen LogP contribution in [0, 0.1) is 0 Å². The molecule has 1 aliphatic rings. The van der Waals surface area contributed by atoms with Crippen molar-refractivity contribution in [2.24, 2.45) is 0 Å². The van der Waals surface area contributed by atoms with Crippen molar-refractivity contribution in [1.82, 2.24) is 25.4 Å². The zero-order chi connectivity index (χ0) is 13.1. The van der Waals surface area contributed by atoms with E-state index in [0.717, 1.165) is 6.54 Å². The Kier molecular flexibility index (Phi) is 4.83. The predicted molar refractivity (Wildman–Crippen MR) is 70.7 cm³/mol. The Morgan fingerprint density at radius 2 is 2.30 bits per heavy atom. The van der Waals surface area contributed by atoms with Crippen LogP contribution in [0.25, 0.3) is 11.5 Å². The Bertz CT molecular complexity index is 558. The van der Waals surface area contributed by atoms with E-state index in [2.05, 4.69) is 25.4 Å². The average Bonchev–Trinajstić information content (AvgIpc) is 2.98. The Hall–Kier alpha value is -1.77. The van der Waals surface area contributed by atoms with Crippen LogP contribution in [0.4, 0.5) is 0 Å². The quantitative estimate of drug-likeness (QED) is 0.881. The Balaban J connectivity index is 0.00000147. The normalized spacial score (nSPS) is 18.4. The first-order valence-corrected chi connectivity index (χ1v) is 5.88. The fourth-order valence-electron chi connectivity index (χ4n) is 1.78. The lowest BCUT2D eigenvalue weighted by Crippen LogP contribution is -2.34. The van der Waals surface area contributed by atoms with E-state index in [9.17, 15) is 0 Å². The zero-order valence-corrected chi connectivity index (χ0v) is 11.6. The summed E-state index contributed by atoms with van der Waals surface area (Å²) in [6, 6.07) is 1.58. The minimum absolute atomic E-state index is 0. The highest BCUT2D eigenvalue weighted by Crippen LogP contribution is 2.20. The van der Waals surface area contributed by atoms with Crippen LogP contribution in [0.5, 0.6) is 5.88 Å². The second-order valence-corrected chi connectivity index (χ2v) is 3.98. The van der Waals surface area contributed by atoms with E-state index in [1.807, 2.05) is 0 Å². The van der Waals surface area contributed by atoms with E-state index in [1.165, 1.54) is 13.4 Å². The maximum Gasteiger partial charge on any atom is 0.246 e. The molecule has 0 aliphatic carbocycles. The van der Waals surface area contributed by atoms with Gasteiger partial charge in [-0.1, -0.05) is 5.16 Å². The van der Waals surface area contributed by atoms with E-state index in [1.54, 1.807) is 6.07 Å². The van der Waals surface area contributed by atoms with Crippen LogP contribution in [0.1, 0.15) is 11.9 Å². The van der Waals surface area contributed by atoms with Crippen molar-refractivity contribution >= 4 is 12.4 Å². The number of halogens is 1. The van der Waals surface area contributed by atoms with Gasteiger partial charge in [-0.25, -0.2) is 9.97 Å². The highest BCUT2D eigenvalue weighted by atomic mass is 35.5. The van der Waals surface area contributed by atoms with Crippen molar-refractivity contribution in [3.05, 3.63) is 18.3 Å². The standard InChI is InChI=1S/C11H13N5O3.ClH/c1-17-9-4-7(13-6-14-9)10-15-11(19-16-10)8-5-18-3-2-12-8;/h4,6,8,12H,2-3,5H2,1H3;1H. The fraction of sp³-hybridized carbons (Fsp3) is 0.455. The lowest BCUT2D eigenvalue weighted by Gasteiger charge is -2.20. The second kappa shape index (κ2) is 6.60. The van der Waals surface area contributed by atoms with E-state index >= 15 is 0 Å². The molecule has 0 radical (unpaired) electrons. The monoisotopic (exact) mass is 299 g/mol. The van der Waals surface area contributed by atoms with Crippen LogP contribution in [0.3, 0.4) is 0 Å². The van der Waals surface area contributed by atoms with E-state index in [0.29, 0.717) is 36.5 Å². The van der Waals surface area contributed by atoms with Gasteiger partial charge in [0.2, 0.25) is 17.6 Å². The molecule has 108 valence electrons. The molecule has 20 heavy (non-hydrogen) atoms. The number of morpholine rings is 1. The summed E-state index contributed by atoms with van der Waals surface area (Å²) in [5.74, 6) is 1.35. The van der Waals surface area contributed by atoms with E-state index < -0.39 is 0 Å². The SMILES string of the molecule is COc1cc(-c2noc(C3COCCN3)n2)ncn1.Cl. The van der Waals surface area contributed by atoms with Gasteiger partial charge in [-0.3, -0.25) is 0 Å². The summed E-state index contributed by atoms with van der Waals surface area (Å²) in [5, 5.41) is 7.15. The molecular formula is C11H14ClN5O3. The van der Waals surface area contributed by atoms with Crippen molar-refractivity contribution < 1.29 is 14.0 Å². The minimum atomic E-state index is -0.0706. The second-order valence-electron chi connectivity index (χ2n) is 3.98. The van der Waals surface area contributed by atoms with Crippen LogP contribution < -0.4 is 10.1 Å². The third-order valence-electron chi connectivity index (χ3n) is 2.74. The first-order chi connectivity index (χ1) is 9.36. The fourth-order valence-corrected chi connectivity index (χ4v) is 1.78. The molecule has 2 aromatic rings. The molecule has 9 heteroatoms. The summed E-state index contributed by atoms with van der Waals surface area (Å²) in [6.07, 6.45) is 1.40. The molecule has 2 aromatic heterocycles. The van der Waals surface area contributed by atoms with Crippen LogP contribution in [-0.4, -0.2) is 47.0 Å². The summed E-state index contributed by atoms with van der Waals surface area (Å²) < 4.78 is 15.6. The number of hydrogen-bond donors (Lipinski definition) is 1. The highest BCUT2D eigenvalue weighted by Gasteiger charge is 2.22. The van der Waals surface area contributed by atoms with Gasteiger partial charge < -0.3 is 19.3 Å². The van der Waals surface area contributed by atoms with Crippen LogP contribution in [0.15, 0.2) is 16.9 Å². The van der Waals surface area contributed by atoms with Crippen LogP contribution in [-0.2, 0) is 4.74 Å². The molecule has 0 aromatic carbocycles. The molecule has 0 bridgehead atoms. The summed E-state index contributed by atoms with van der Waals surface area (Å²) in [7, 11) is 1.54. The number of nitrogens with zero attached hydrogens (tertiary/aromatic N) is 4. The van der Waals surface area contributed by atoms with Crippen LogP contribution >= 0.6 is 12.4 Å². The Morgan fingerprint density at radius 3 is 3.05 bits per heavy atom. The number of nitrogens with one attached hydrogen (secondary N) is 1. The van der Waals surface area contributed by atoms with E-state index in [-0.39, 0.29) is 18.4 Å². The molecule has 0 saturated carbocycles. The molecule has 1 fully saturated rings. The Morgan fingerprint density at radius 1 is 1.40 bits per heavy atom. The smallest absolute Gasteiger partial charge is 0.246 e. The van der Waals surface area contributed by atoms with Gasteiger partial charge in [-0.05, 0) is 0 Å². The largest absolute Gasteiger partial charge is 0.481 e. The van der Waals surface area contributed by atoms with Crippen molar-refractivity contribution in [3.8, 4) is 17.4 Å². The summed E-state index contributed by atoms with van der Waals surface area (Å²) in [5.41, 5.74) is 0.554. The summed E-state index contributed by atoms with van der Waals surface area (Å²) >= 11 is 0. The van der Waals surface area contributed by atoms with Gasteiger partial charge in [-0.15, -0.1) is 12.4 Å². The van der Waals surface area contributed by atoms with Crippen molar-refractivity contribution in [2.75, 3.05) is 26.9 Å². The molecule has 1 unspecified atom stereocenters. The lowest BCUT2D eigenvalue weighted by molar-refractivity contribution is 0.0659. The minimum Gasteiger partial charge on any atom is -0.481 e. The van der Waals surface area contributed by atoms with Crippen LogP contribution in [0.2, 0.25) is 0 Å². The van der Waals surface area contributed by atoms with Crippen molar-refractivity contribution in [3.63, 3.8) is 0 Å². The number of hydrogen-bond acceptors (Lipinski definition) is 8. The van der Waals surface area contributed by atoms with Gasteiger partial charge >= 0.3 is 0 Å². The Labute approximate surface area is 121 Å². The first kappa shape index (κ1) is 14.6. The first-order valence-electron chi connectivity index (χ1n) is 5.88. The van der Waals surface area contributed by atoms with Gasteiger partial charge in [0.25, 0.3) is 0 Å². The van der Waals surface area contributed by atoms with Gasteiger partial charge in [-0.2, -0.15) is 4.98 Å². The van der Waals surface area contributed by atoms with Crippen molar-refractivity contribution in [1.29, 1.82) is 0 Å². The van der Waals surface area contributed by atoms with E-state index in [4.69, 9.17) is 14.0 Å². The molecule has 3 rings (SSSR count). The predicted octanol–water partition coefficient (Wildman–Crippen LogP) is 0.618. The molecular weight excluding hydrogens is 286 g/mol. The lowest BCUT2D eigenvalue weighted by atomic mass is 10.3. The number of methoxy groups -OCH3 is 1. The molecule has 0 amide bonds. The van der Waals surface area contributed by atoms with Gasteiger partial charge in [0.1, 0.15) is 18.1 Å². The maximum atomic E-state index is 5.35. The molecule has 3 heterocycles. The molecule has 1 aliphatic heterocycles. The highest BCUT2D eigenvalue weighted by molar-refractivity contribution is 5.85. The topological polar surface area (TPSA) is 95.2 Å². The maximum absolute atomic E-state index is 5.35. The summed E-state index contributed by atoms with van der Waals surface area (Å²) in [6.45, 7) is 1.99. The number of aromatic nitrogens is 4. The average molecular weight is 300 g/mol. The van der Waals surface area contributed by atoms with Crippen molar-refractivity contribution in [2.45, 2.75) is 6.04 Å². The summed E-state index contributed by atoms with van der Waals surface area (Å²) in [4.78, 5) is 12.3. The molecule has 1 saturated heterocycles. The molecule has 0 spiro atoms. The van der Waals surface area contributed by atoms with Gasteiger partial charge in [0.15, 0.2) is 0 Å². The number of ether oxygens (including phenoxy) is 2. The number of rotatable bonds is 3. The molecule has 8 nitrogen and oxygen atoms in total. The third-order valence-corrected chi connectivity index (χ3v) is 2.74. The van der Waals surface area contributed by atoms with Gasteiger partial charge in [0, 0.05) is 12.6 Å². The molecule has 1 N–H and O–H groups in total. The third kappa shape index (κ3) is 3.03. The molecule has 1 atom stereocenters. The zero-order valence-electron chi connectivity index (χ0n) is 10.8. The van der Waals surface area contributed by atoms with Gasteiger partial charge in [0.05, 0.1) is 20.3 Å².